The van der Waals surface area contributed by atoms with Gasteiger partial charge in [0.15, 0.2) is 5.65 Å². The highest BCUT2D eigenvalue weighted by Gasteiger charge is 2.07. The number of nitrogens with zero attached hydrogens (tertiary/aromatic N) is 3. The van der Waals surface area contributed by atoms with Crippen LogP contribution in [0.25, 0.3) is 11.2 Å². The van der Waals surface area contributed by atoms with E-state index in [1.165, 1.54) is 0 Å². The summed E-state index contributed by atoms with van der Waals surface area (Å²) < 4.78 is 1.87. The molecule has 5 nitrogen and oxygen atoms in total. The number of imidazole rings is 1. The van der Waals surface area contributed by atoms with Crippen LogP contribution < -0.4 is 0 Å². The van der Waals surface area contributed by atoms with E-state index in [-0.39, 0.29) is 6.42 Å². The van der Waals surface area contributed by atoms with Gasteiger partial charge in [0.1, 0.15) is 11.3 Å². The fourth-order valence-electron chi connectivity index (χ4n) is 1.50. The van der Waals surface area contributed by atoms with Gasteiger partial charge >= 0.3 is 5.97 Å². The molecule has 0 unspecified atom stereocenters. The maximum absolute atomic E-state index is 10.5. The predicted octanol–water partition coefficient (Wildman–Crippen LogP) is 0.904. The molecule has 0 saturated carbocycles. The second-order valence-electron chi connectivity index (χ2n) is 3.47. The van der Waals surface area contributed by atoms with E-state index in [0.717, 1.165) is 17.0 Å². The van der Waals surface area contributed by atoms with E-state index in [9.17, 15) is 4.79 Å². The summed E-state index contributed by atoms with van der Waals surface area (Å²) in [6.45, 7) is 1.89. The number of carboxylic acid groups (broad SMARTS) is 1. The van der Waals surface area contributed by atoms with Gasteiger partial charge in [0.2, 0.25) is 0 Å². The number of carboxylic acids is 1. The lowest BCUT2D eigenvalue weighted by atomic mass is 10.2. The van der Waals surface area contributed by atoms with Crippen molar-refractivity contribution in [2.24, 2.45) is 7.05 Å². The summed E-state index contributed by atoms with van der Waals surface area (Å²) in [7, 11) is 1.88. The summed E-state index contributed by atoms with van der Waals surface area (Å²) in [6.07, 6.45) is 1.57. The molecule has 0 amide bonds. The summed E-state index contributed by atoms with van der Waals surface area (Å²) in [4.78, 5) is 19.0. The first-order valence-electron chi connectivity index (χ1n) is 4.57. The highest BCUT2D eigenvalue weighted by Crippen LogP contribution is 2.13. The van der Waals surface area contributed by atoms with Crippen LogP contribution in [-0.2, 0) is 18.3 Å². The summed E-state index contributed by atoms with van der Waals surface area (Å²) >= 11 is 0. The Bertz CT molecular complexity index is 531. The van der Waals surface area contributed by atoms with E-state index in [2.05, 4.69) is 9.97 Å². The van der Waals surface area contributed by atoms with E-state index in [4.69, 9.17) is 5.11 Å². The monoisotopic (exact) mass is 205 g/mol. The zero-order valence-corrected chi connectivity index (χ0v) is 8.56. The zero-order valence-electron chi connectivity index (χ0n) is 8.56. The molecule has 0 bridgehead atoms. The standard InChI is InChI=1S/C10H11N3O2/c1-6-12-8-3-7(4-9(14)15)5-11-10(8)13(6)2/h3,5H,4H2,1-2H3,(H,14,15). The lowest BCUT2D eigenvalue weighted by Gasteiger charge is -1.97. The molecule has 2 rings (SSSR count). The van der Waals surface area contributed by atoms with Crippen LogP contribution in [0.5, 0.6) is 0 Å². The molecule has 2 heterocycles. The van der Waals surface area contributed by atoms with Crippen LogP contribution in [0.15, 0.2) is 12.3 Å². The molecule has 0 aliphatic rings. The first-order chi connectivity index (χ1) is 7.08. The largest absolute Gasteiger partial charge is 0.481 e. The molecule has 0 aliphatic heterocycles. The van der Waals surface area contributed by atoms with Crippen molar-refractivity contribution >= 4 is 17.1 Å². The Morgan fingerprint density at radius 1 is 1.60 bits per heavy atom. The van der Waals surface area contributed by atoms with E-state index in [1.807, 2.05) is 18.5 Å². The number of hydrogen-bond donors (Lipinski definition) is 1. The van der Waals surface area contributed by atoms with Crippen LogP contribution >= 0.6 is 0 Å². The Kier molecular flexibility index (Phi) is 2.15. The van der Waals surface area contributed by atoms with Gasteiger partial charge in [-0.2, -0.15) is 0 Å². The first kappa shape index (κ1) is 9.64. The Balaban J connectivity index is 2.52. The minimum Gasteiger partial charge on any atom is -0.481 e. The SMILES string of the molecule is Cc1nc2cc(CC(=O)O)cnc2n1C. The smallest absolute Gasteiger partial charge is 0.307 e. The number of aryl methyl sites for hydroxylation is 2. The van der Waals surface area contributed by atoms with Crippen LogP contribution in [0.2, 0.25) is 0 Å². The maximum Gasteiger partial charge on any atom is 0.307 e. The van der Waals surface area contributed by atoms with Crippen LogP contribution in [0.4, 0.5) is 0 Å². The molecule has 1 N–H and O–H groups in total. The lowest BCUT2D eigenvalue weighted by Crippen LogP contribution is -2.00. The highest BCUT2D eigenvalue weighted by molar-refractivity contribution is 5.75. The Morgan fingerprint density at radius 3 is 3.00 bits per heavy atom. The summed E-state index contributed by atoms with van der Waals surface area (Å²) in [5.41, 5.74) is 2.20. The van der Waals surface area contributed by atoms with Crippen LogP contribution in [0, 0.1) is 6.92 Å². The first-order valence-corrected chi connectivity index (χ1v) is 4.57. The second kappa shape index (κ2) is 3.34. The number of rotatable bonds is 2. The van der Waals surface area contributed by atoms with Crippen molar-refractivity contribution in [3.05, 3.63) is 23.7 Å². The van der Waals surface area contributed by atoms with Gasteiger partial charge in [0.25, 0.3) is 0 Å². The van der Waals surface area contributed by atoms with Gasteiger partial charge in [0, 0.05) is 13.2 Å². The maximum atomic E-state index is 10.5. The fraction of sp³-hybridized carbons (Fsp3) is 0.300. The second-order valence-corrected chi connectivity index (χ2v) is 3.47. The number of hydrogen-bond acceptors (Lipinski definition) is 3. The summed E-state index contributed by atoms with van der Waals surface area (Å²) in [5, 5.41) is 8.65. The average molecular weight is 205 g/mol. The molecule has 0 aromatic carbocycles. The van der Waals surface area contributed by atoms with Crippen molar-refractivity contribution in [3.63, 3.8) is 0 Å². The molecule has 5 heteroatoms. The molecule has 0 saturated heterocycles. The molecule has 2 aromatic rings. The molecule has 78 valence electrons. The third kappa shape index (κ3) is 1.68. The zero-order chi connectivity index (χ0) is 11.0. The number of aromatic nitrogens is 3. The molecule has 0 radical (unpaired) electrons. The van der Waals surface area contributed by atoms with Gasteiger partial charge in [0.05, 0.1) is 6.42 Å². The van der Waals surface area contributed by atoms with Crippen molar-refractivity contribution < 1.29 is 9.90 Å². The van der Waals surface area contributed by atoms with Crippen molar-refractivity contribution in [3.8, 4) is 0 Å². The highest BCUT2D eigenvalue weighted by atomic mass is 16.4. The Morgan fingerprint density at radius 2 is 2.33 bits per heavy atom. The number of carbonyl (C=O) groups is 1. The van der Waals surface area contributed by atoms with Crippen LogP contribution in [0.1, 0.15) is 11.4 Å². The van der Waals surface area contributed by atoms with Gasteiger partial charge in [-0.15, -0.1) is 0 Å². The predicted molar refractivity (Wildman–Crippen MR) is 54.6 cm³/mol. The van der Waals surface area contributed by atoms with Crippen molar-refractivity contribution in [1.29, 1.82) is 0 Å². The molecule has 0 aliphatic carbocycles. The van der Waals surface area contributed by atoms with E-state index < -0.39 is 5.97 Å². The van der Waals surface area contributed by atoms with Gasteiger partial charge in [-0.3, -0.25) is 4.79 Å². The van der Waals surface area contributed by atoms with Crippen LogP contribution in [0.3, 0.4) is 0 Å². The van der Waals surface area contributed by atoms with Gasteiger partial charge in [-0.25, -0.2) is 9.97 Å². The summed E-state index contributed by atoms with van der Waals surface area (Å²) in [6, 6.07) is 1.77. The topological polar surface area (TPSA) is 68.0 Å². The van der Waals surface area contributed by atoms with Gasteiger partial charge < -0.3 is 9.67 Å². The number of aliphatic carboxylic acids is 1. The molecule has 0 spiro atoms. The van der Waals surface area contributed by atoms with Crippen molar-refractivity contribution in [2.75, 3.05) is 0 Å². The molecular weight excluding hydrogens is 194 g/mol. The molecule has 0 fully saturated rings. The molecule has 2 aromatic heterocycles. The minimum atomic E-state index is -0.858. The average Bonchev–Trinajstić information content (AvgIpc) is 2.41. The molecular formula is C10H11N3O2. The summed E-state index contributed by atoms with van der Waals surface area (Å²) in [5.74, 6) is 0.00813. The number of pyridine rings is 1. The lowest BCUT2D eigenvalue weighted by molar-refractivity contribution is -0.136. The number of fused-ring (bicyclic) bond motifs is 1. The van der Waals surface area contributed by atoms with Crippen LogP contribution in [-0.4, -0.2) is 25.6 Å². The van der Waals surface area contributed by atoms with Crippen molar-refractivity contribution in [1.82, 2.24) is 14.5 Å². The Labute approximate surface area is 86.4 Å². The minimum absolute atomic E-state index is 0.0153. The fourth-order valence-corrected chi connectivity index (χ4v) is 1.50. The third-order valence-electron chi connectivity index (χ3n) is 2.34. The van der Waals surface area contributed by atoms with Gasteiger partial charge in [-0.1, -0.05) is 0 Å². The van der Waals surface area contributed by atoms with E-state index >= 15 is 0 Å². The Hall–Kier alpha value is -1.91. The van der Waals surface area contributed by atoms with E-state index in [1.54, 1.807) is 12.3 Å². The normalized spacial score (nSPS) is 10.8. The van der Waals surface area contributed by atoms with E-state index in [0.29, 0.717) is 5.56 Å². The molecule has 0 atom stereocenters. The van der Waals surface area contributed by atoms with Gasteiger partial charge in [-0.05, 0) is 18.6 Å². The van der Waals surface area contributed by atoms with Crippen molar-refractivity contribution in [2.45, 2.75) is 13.3 Å². The quantitative estimate of drug-likeness (QED) is 0.791. The molecule has 15 heavy (non-hydrogen) atoms. The third-order valence-corrected chi connectivity index (χ3v) is 2.34.